The maximum atomic E-state index is 11.9. The second kappa shape index (κ2) is 5.39. The fourth-order valence-electron chi connectivity index (χ4n) is 1.94. The minimum atomic E-state index is -3.54. The number of aryl methyl sites for hydroxylation is 1. The predicted octanol–water partition coefficient (Wildman–Crippen LogP) is 0.331. The smallest absolute Gasteiger partial charge is 0.228 e. The van der Waals surface area contributed by atoms with Gasteiger partial charge in [-0.15, -0.1) is 0 Å². The van der Waals surface area contributed by atoms with Gasteiger partial charge in [0.25, 0.3) is 0 Å². The summed E-state index contributed by atoms with van der Waals surface area (Å²) in [5.74, 6) is -0.192. The molecule has 7 nitrogen and oxygen atoms in total. The topological polar surface area (TPSA) is 89.3 Å². The zero-order chi connectivity index (χ0) is 15.8. The van der Waals surface area contributed by atoms with Crippen LogP contribution in [-0.4, -0.2) is 56.8 Å². The Morgan fingerprint density at radius 3 is 2.33 bits per heavy atom. The fourth-order valence-corrected chi connectivity index (χ4v) is 3.57. The highest BCUT2D eigenvalue weighted by Crippen LogP contribution is 2.19. The van der Waals surface area contributed by atoms with Crippen molar-refractivity contribution >= 4 is 30.9 Å². The van der Waals surface area contributed by atoms with Crippen LogP contribution in [0.15, 0.2) is 29.4 Å². The summed E-state index contributed by atoms with van der Waals surface area (Å²) in [5.41, 5.74) is 1.13. The Kier molecular flexibility index (Phi) is 4.09. The zero-order valence-electron chi connectivity index (χ0n) is 12.0. The Morgan fingerprint density at radius 2 is 1.76 bits per heavy atom. The van der Waals surface area contributed by atoms with Crippen LogP contribution < -0.4 is 0 Å². The second-order valence-corrected chi connectivity index (χ2v) is 9.12. The van der Waals surface area contributed by atoms with Crippen molar-refractivity contribution in [3.8, 4) is 0 Å². The number of hydrogen-bond donors (Lipinski definition) is 0. The number of aromatic nitrogens is 2. The van der Waals surface area contributed by atoms with Gasteiger partial charge < -0.3 is 4.57 Å². The van der Waals surface area contributed by atoms with Gasteiger partial charge >= 0.3 is 0 Å². The van der Waals surface area contributed by atoms with E-state index in [1.54, 1.807) is 24.3 Å². The maximum absolute atomic E-state index is 11.9. The molecular weight excluding hydrogens is 314 g/mol. The van der Waals surface area contributed by atoms with Gasteiger partial charge in [-0.3, -0.25) is 0 Å². The molecule has 21 heavy (non-hydrogen) atoms. The lowest BCUT2D eigenvalue weighted by molar-refractivity contribution is 0.512. The van der Waals surface area contributed by atoms with Gasteiger partial charge in [0, 0.05) is 26.9 Å². The number of fused-ring (bicyclic) bond motifs is 1. The van der Waals surface area contributed by atoms with Crippen LogP contribution in [0.4, 0.5) is 0 Å². The van der Waals surface area contributed by atoms with Crippen LogP contribution in [-0.2, 0) is 26.4 Å². The van der Waals surface area contributed by atoms with E-state index < -0.39 is 19.9 Å². The van der Waals surface area contributed by atoms with Crippen LogP contribution in [0.1, 0.15) is 0 Å². The Hall–Kier alpha value is -1.45. The minimum absolute atomic E-state index is 0.0312. The molecule has 0 unspecified atom stereocenters. The molecule has 0 N–H and O–H groups in total. The highest BCUT2D eigenvalue weighted by atomic mass is 32.2. The van der Waals surface area contributed by atoms with Crippen LogP contribution in [0.2, 0.25) is 0 Å². The van der Waals surface area contributed by atoms with E-state index in [1.165, 1.54) is 18.7 Å². The normalized spacial score (nSPS) is 13.1. The van der Waals surface area contributed by atoms with Crippen LogP contribution in [0, 0.1) is 0 Å². The van der Waals surface area contributed by atoms with Crippen LogP contribution >= 0.6 is 0 Å². The number of hydrogen-bond acceptors (Lipinski definition) is 5. The molecule has 2 aromatic rings. The van der Waals surface area contributed by atoms with Crippen molar-refractivity contribution in [3.63, 3.8) is 0 Å². The van der Waals surface area contributed by atoms with Crippen molar-refractivity contribution in [2.24, 2.45) is 0 Å². The van der Waals surface area contributed by atoms with E-state index in [4.69, 9.17) is 0 Å². The third-order valence-corrected chi connectivity index (χ3v) is 5.87. The summed E-state index contributed by atoms with van der Waals surface area (Å²) < 4.78 is 50.0. The molecule has 1 heterocycles. The highest BCUT2D eigenvalue weighted by Gasteiger charge is 2.21. The minimum Gasteiger partial charge on any atom is -0.314 e. The van der Waals surface area contributed by atoms with Crippen LogP contribution in [0.5, 0.6) is 0 Å². The summed E-state index contributed by atoms with van der Waals surface area (Å²) >= 11 is 0. The van der Waals surface area contributed by atoms with Crippen molar-refractivity contribution in [3.05, 3.63) is 24.3 Å². The summed E-state index contributed by atoms with van der Waals surface area (Å²) in [4.78, 5) is 4.10. The van der Waals surface area contributed by atoms with E-state index in [0.29, 0.717) is 11.0 Å². The molecule has 116 valence electrons. The van der Waals surface area contributed by atoms with Crippen molar-refractivity contribution < 1.29 is 16.8 Å². The molecule has 0 amide bonds. The van der Waals surface area contributed by atoms with Gasteiger partial charge in [-0.2, -0.15) is 0 Å². The highest BCUT2D eigenvalue weighted by molar-refractivity contribution is 7.90. The standard InChI is InChI=1S/C12H17N3O4S2/c1-14(2)21(18,19)9-8-15-11-7-5-4-6-10(11)13-12(15)20(3,16)17/h4-7H,8-9H2,1-3H3. The van der Waals surface area contributed by atoms with E-state index in [2.05, 4.69) is 4.98 Å². The summed E-state index contributed by atoms with van der Waals surface area (Å²) in [6, 6.07) is 6.93. The summed E-state index contributed by atoms with van der Waals surface area (Å²) in [5, 5.41) is -0.113. The quantitative estimate of drug-likeness (QED) is 0.788. The lowest BCUT2D eigenvalue weighted by atomic mass is 10.3. The number of nitrogens with zero attached hydrogens (tertiary/aromatic N) is 3. The lowest BCUT2D eigenvalue weighted by Gasteiger charge is -2.13. The van der Waals surface area contributed by atoms with Crippen molar-refractivity contribution in [1.29, 1.82) is 0 Å². The van der Waals surface area contributed by atoms with Gasteiger partial charge in [-0.05, 0) is 12.1 Å². The van der Waals surface area contributed by atoms with Crippen LogP contribution in [0.25, 0.3) is 11.0 Å². The number of para-hydroxylation sites is 2. The number of rotatable bonds is 5. The number of sulfonamides is 1. The molecule has 0 fully saturated rings. The molecule has 0 bridgehead atoms. The number of imidazole rings is 1. The third kappa shape index (κ3) is 3.25. The van der Waals surface area contributed by atoms with E-state index in [9.17, 15) is 16.8 Å². The Balaban J connectivity index is 2.52. The molecule has 0 aliphatic heterocycles. The number of benzene rings is 1. The summed E-state index contributed by atoms with van der Waals surface area (Å²) in [6.45, 7) is 0.0312. The van der Waals surface area contributed by atoms with Crippen LogP contribution in [0.3, 0.4) is 0 Å². The molecular formula is C12H17N3O4S2. The van der Waals surface area contributed by atoms with E-state index in [1.807, 2.05) is 0 Å². The SMILES string of the molecule is CN(C)S(=O)(=O)CCn1c(S(C)(=O)=O)nc2ccccc21. The number of sulfone groups is 1. The Morgan fingerprint density at radius 1 is 1.14 bits per heavy atom. The van der Waals surface area contributed by atoms with E-state index in [-0.39, 0.29) is 17.5 Å². The molecule has 2 rings (SSSR count). The molecule has 9 heteroatoms. The molecule has 0 spiro atoms. The van der Waals surface area contributed by atoms with Crippen molar-refractivity contribution in [2.45, 2.75) is 11.7 Å². The molecule has 0 atom stereocenters. The zero-order valence-corrected chi connectivity index (χ0v) is 13.6. The van der Waals surface area contributed by atoms with Crippen molar-refractivity contribution in [2.75, 3.05) is 26.1 Å². The Bertz CT molecular complexity index is 867. The summed E-state index contributed by atoms with van der Waals surface area (Å²) in [7, 11) is -4.07. The first-order valence-electron chi connectivity index (χ1n) is 6.18. The average molecular weight is 331 g/mol. The molecule has 0 aliphatic rings. The maximum Gasteiger partial charge on any atom is 0.228 e. The van der Waals surface area contributed by atoms with Gasteiger partial charge in [0.15, 0.2) is 0 Å². The van der Waals surface area contributed by atoms with E-state index >= 15 is 0 Å². The van der Waals surface area contributed by atoms with Gasteiger partial charge in [0.05, 0.1) is 16.8 Å². The van der Waals surface area contributed by atoms with Gasteiger partial charge in [0.2, 0.25) is 25.0 Å². The first-order chi connectivity index (χ1) is 9.63. The molecule has 0 saturated carbocycles. The molecule has 0 aliphatic carbocycles. The second-order valence-electron chi connectivity index (χ2n) is 4.91. The largest absolute Gasteiger partial charge is 0.314 e. The first kappa shape index (κ1) is 15.9. The van der Waals surface area contributed by atoms with Crippen molar-refractivity contribution in [1.82, 2.24) is 13.9 Å². The predicted molar refractivity (Wildman–Crippen MR) is 80.3 cm³/mol. The van der Waals surface area contributed by atoms with Gasteiger partial charge in [-0.1, -0.05) is 12.1 Å². The molecule has 1 aromatic carbocycles. The van der Waals surface area contributed by atoms with Gasteiger partial charge in [-0.25, -0.2) is 26.1 Å². The Labute approximate surface area is 124 Å². The molecule has 0 radical (unpaired) electrons. The fraction of sp³-hybridized carbons (Fsp3) is 0.417. The lowest BCUT2D eigenvalue weighted by Crippen LogP contribution is -2.27. The molecule has 1 aromatic heterocycles. The molecule has 0 saturated heterocycles. The summed E-state index contributed by atoms with van der Waals surface area (Å²) in [6.07, 6.45) is 1.06. The van der Waals surface area contributed by atoms with Gasteiger partial charge in [0.1, 0.15) is 0 Å². The average Bonchev–Trinajstić information content (AvgIpc) is 2.75. The monoisotopic (exact) mass is 331 g/mol. The third-order valence-electron chi connectivity index (χ3n) is 3.08. The first-order valence-corrected chi connectivity index (χ1v) is 9.68. The van der Waals surface area contributed by atoms with E-state index in [0.717, 1.165) is 10.6 Å².